The normalized spacial score (nSPS) is 12.4. The van der Waals surface area contributed by atoms with Crippen LogP contribution < -0.4 is 15.7 Å². The molecule has 7 heteroatoms. The summed E-state index contributed by atoms with van der Waals surface area (Å²) >= 11 is 6.18. The maximum Gasteiger partial charge on any atom is 0.268 e. The lowest BCUT2D eigenvalue weighted by Crippen LogP contribution is -2.50. The van der Waals surface area contributed by atoms with Crippen LogP contribution in [0.15, 0.2) is 54.2 Å². The maximum absolute atomic E-state index is 12.8. The van der Waals surface area contributed by atoms with E-state index >= 15 is 0 Å². The molecular formula is C23H24ClN2O4-. The van der Waals surface area contributed by atoms with Gasteiger partial charge in [0.25, 0.3) is 11.8 Å². The molecule has 2 amide bonds. The summed E-state index contributed by atoms with van der Waals surface area (Å²) in [6.45, 7) is 5.57. The van der Waals surface area contributed by atoms with E-state index in [4.69, 9.17) is 11.6 Å². The molecule has 0 aliphatic heterocycles. The van der Waals surface area contributed by atoms with Crippen molar-refractivity contribution < 1.29 is 19.5 Å². The van der Waals surface area contributed by atoms with E-state index in [0.29, 0.717) is 16.1 Å². The number of rotatable bonds is 8. The Labute approximate surface area is 180 Å². The lowest BCUT2D eigenvalue weighted by Gasteiger charge is -2.22. The predicted octanol–water partition coefficient (Wildman–Crippen LogP) is 2.70. The van der Waals surface area contributed by atoms with Crippen molar-refractivity contribution in [1.29, 1.82) is 0 Å². The molecule has 0 spiro atoms. The molecule has 2 rings (SSSR count). The van der Waals surface area contributed by atoms with Crippen molar-refractivity contribution in [3.8, 4) is 0 Å². The minimum atomic E-state index is -1.39. The van der Waals surface area contributed by atoms with Crippen LogP contribution in [0.5, 0.6) is 0 Å². The van der Waals surface area contributed by atoms with Crippen LogP contribution >= 0.6 is 11.6 Å². The molecular weight excluding hydrogens is 404 g/mol. The van der Waals surface area contributed by atoms with Gasteiger partial charge in [-0.1, -0.05) is 61.3 Å². The lowest BCUT2D eigenvalue weighted by atomic mass is 10.0. The second-order valence-corrected chi connectivity index (χ2v) is 7.78. The van der Waals surface area contributed by atoms with Gasteiger partial charge in [-0.15, -0.1) is 0 Å². The predicted molar refractivity (Wildman–Crippen MR) is 114 cm³/mol. The first-order valence-electron chi connectivity index (χ1n) is 9.53. The van der Waals surface area contributed by atoms with Gasteiger partial charge in [-0.05, 0) is 49.1 Å². The van der Waals surface area contributed by atoms with Crippen molar-refractivity contribution in [1.82, 2.24) is 10.6 Å². The zero-order chi connectivity index (χ0) is 22.3. The van der Waals surface area contributed by atoms with E-state index in [2.05, 4.69) is 10.6 Å². The van der Waals surface area contributed by atoms with E-state index < -0.39 is 23.8 Å². The van der Waals surface area contributed by atoms with Gasteiger partial charge >= 0.3 is 0 Å². The Morgan fingerprint density at radius 1 is 1.07 bits per heavy atom. The molecule has 1 atom stereocenters. The second-order valence-electron chi connectivity index (χ2n) is 7.37. The van der Waals surface area contributed by atoms with Crippen LogP contribution in [0.2, 0.25) is 5.02 Å². The van der Waals surface area contributed by atoms with Gasteiger partial charge in [-0.25, -0.2) is 0 Å². The molecule has 158 valence electrons. The number of hydrogen-bond acceptors (Lipinski definition) is 4. The van der Waals surface area contributed by atoms with Gasteiger partial charge in [0.15, 0.2) is 0 Å². The summed E-state index contributed by atoms with van der Waals surface area (Å²) in [6, 6.07) is 12.4. The summed E-state index contributed by atoms with van der Waals surface area (Å²) in [5.41, 5.74) is 1.73. The second kappa shape index (κ2) is 10.6. The molecule has 0 saturated heterocycles. The molecule has 2 aromatic rings. The number of carbonyl (C=O) groups excluding carboxylic acids is 3. The molecule has 0 aliphatic rings. The Morgan fingerprint density at radius 2 is 1.70 bits per heavy atom. The number of aliphatic carboxylic acids is 1. The Bertz CT molecular complexity index is 952. The van der Waals surface area contributed by atoms with Crippen LogP contribution in [0.4, 0.5) is 0 Å². The number of benzene rings is 2. The van der Waals surface area contributed by atoms with E-state index in [1.165, 1.54) is 6.08 Å². The molecule has 2 aromatic carbocycles. The number of carboxylic acids is 1. The van der Waals surface area contributed by atoms with Gasteiger partial charge in [-0.2, -0.15) is 0 Å². The van der Waals surface area contributed by atoms with Gasteiger partial charge in [-0.3, -0.25) is 9.59 Å². The fourth-order valence-electron chi connectivity index (χ4n) is 2.73. The Morgan fingerprint density at radius 3 is 2.27 bits per heavy atom. The van der Waals surface area contributed by atoms with E-state index in [1.54, 1.807) is 48.5 Å². The third-order valence-electron chi connectivity index (χ3n) is 4.31. The van der Waals surface area contributed by atoms with Crippen LogP contribution in [-0.2, 0) is 9.59 Å². The minimum Gasteiger partial charge on any atom is -0.548 e. The SMILES string of the molecule is Cc1ccc(C(=O)N/C(=C/c2ccccc2Cl)C(=O)N[C@@H](CC(C)C)C(=O)[O-])cc1. The number of aryl methyl sites for hydroxylation is 1. The Hall–Kier alpha value is -3.12. The number of nitrogens with one attached hydrogen (secondary N) is 2. The summed E-state index contributed by atoms with van der Waals surface area (Å²) in [5.74, 6) is -2.62. The van der Waals surface area contributed by atoms with Gasteiger partial charge in [0, 0.05) is 10.6 Å². The van der Waals surface area contributed by atoms with Crippen molar-refractivity contribution in [3.05, 3.63) is 75.9 Å². The fourth-order valence-corrected chi connectivity index (χ4v) is 2.92. The van der Waals surface area contributed by atoms with Gasteiger partial charge in [0.2, 0.25) is 0 Å². The minimum absolute atomic E-state index is 0.0198. The zero-order valence-corrected chi connectivity index (χ0v) is 17.8. The summed E-state index contributed by atoms with van der Waals surface area (Å²) in [5, 5.41) is 16.8. The smallest absolute Gasteiger partial charge is 0.268 e. The standard InChI is InChI=1S/C23H25ClN2O4/c1-14(2)12-20(23(29)30)26-22(28)19(13-17-6-4-5-7-18(17)24)25-21(27)16-10-8-15(3)9-11-16/h4-11,13-14,20H,12H2,1-3H3,(H,25,27)(H,26,28)(H,29,30)/p-1/b19-13+/t20-/m0/s1. The van der Waals surface area contributed by atoms with Crippen LogP contribution in [0.1, 0.15) is 41.8 Å². The van der Waals surface area contributed by atoms with Crippen LogP contribution in [0.3, 0.4) is 0 Å². The van der Waals surface area contributed by atoms with E-state index in [1.807, 2.05) is 20.8 Å². The molecule has 0 saturated carbocycles. The highest BCUT2D eigenvalue weighted by Crippen LogP contribution is 2.18. The van der Waals surface area contributed by atoms with Gasteiger partial charge in [0.1, 0.15) is 5.70 Å². The van der Waals surface area contributed by atoms with Crippen molar-refractivity contribution in [2.75, 3.05) is 0 Å². The molecule has 2 N–H and O–H groups in total. The number of amides is 2. The van der Waals surface area contributed by atoms with Gasteiger partial charge < -0.3 is 20.5 Å². The number of halogens is 1. The van der Waals surface area contributed by atoms with E-state index in [0.717, 1.165) is 5.56 Å². The number of hydrogen-bond donors (Lipinski definition) is 2. The molecule has 0 fully saturated rings. The molecule has 0 aliphatic carbocycles. The third kappa shape index (κ3) is 6.74. The first kappa shape index (κ1) is 23.2. The highest BCUT2D eigenvalue weighted by molar-refractivity contribution is 6.32. The Kier molecular flexibility index (Phi) is 8.18. The van der Waals surface area contributed by atoms with E-state index in [9.17, 15) is 19.5 Å². The maximum atomic E-state index is 12.8. The third-order valence-corrected chi connectivity index (χ3v) is 4.65. The summed E-state index contributed by atoms with van der Waals surface area (Å²) < 4.78 is 0. The molecule has 6 nitrogen and oxygen atoms in total. The molecule has 0 radical (unpaired) electrons. The highest BCUT2D eigenvalue weighted by atomic mass is 35.5. The van der Waals surface area contributed by atoms with Crippen LogP contribution in [-0.4, -0.2) is 23.8 Å². The van der Waals surface area contributed by atoms with Crippen molar-refractivity contribution >= 4 is 35.5 Å². The number of carbonyl (C=O) groups is 3. The van der Waals surface area contributed by atoms with Crippen LogP contribution in [0, 0.1) is 12.8 Å². The summed E-state index contributed by atoms with van der Waals surface area (Å²) in [4.78, 5) is 36.9. The molecule has 0 unspecified atom stereocenters. The summed E-state index contributed by atoms with van der Waals surface area (Å²) in [6.07, 6.45) is 1.60. The average Bonchev–Trinajstić information content (AvgIpc) is 2.68. The first-order valence-corrected chi connectivity index (χ1v) is 9.91. The molecule has 0 heterocycles. The first-order chi connectivity index (χ1) is 14.2. The fraction of sp³-hybridized carbons (Fsp3) is 0.261. The lowest BCUT2D eigenvalue weighted by molar-refractivity contribution is -0.308. The number of carboxylic acid groups (broad SMARTS) is 1. The quantitative estimate of drug-likeness (QED) is 0.633. The molecule has 0 bridgehead atoms. The highest BCUT2D eigenvalue weighted by Gasteiger charge is 2.20. The molecule has 30 heavy (non-hydrogen) atoms. The van der Waals surface area contributed by atoms with Crippen molar-refractivity contribution in [3.63, 3.8) is 0 Å². The van der Waals surface area contributed by atoms with E-state index in [-0.39, 0.29) is 18.0 Å². The van der Waals surface area contributed by atoms with Gasteiger partial charge in [0.05, 0.1) is 12.0 Å². The van der Waals surface area contributed by atoms with Crippen LogP contribution in [0.25, 0.3) is 6.08 Å². The van der Waals surface area contributed by atoms with Crippen molar-refractivity contribution in [2.45, 2.75) is 33.2 Å². The topological polar surface area (TPSA) is 98.3 Å². The summed E-state index contributed by atoms with van der Waals surface area (Å²) in [7, 11) is 0. The zero-order valence-electron chi connectivity index (χ0n) is 17.1. The monoisotopic (exact) mass is 427 g/mol. The molecule has 0 aromatic heterocycles. The average molecular weight is 428 g/mol. The largest absolute Gasteiger partial charge is 0.548 e. The van der Waals surface area contributed by atoms with Crippen molar-refractivity contribution in [2.24, 2.45) is 5.92 Å². The Balaban J connectivity index is 2.34.